The topological polar surface area (TPSA) is 45.5 Å². The highest BCUT2D eigenvalue weighted by Gasteiger charge is 2.23. The average Bonchev–Trinajstić information content (AvgIpc) is 3.15. The highest BCUT2D eigenvalue weighted by atomic mass is 16.5. The van der Waals surface area contributed by atoms with Crippen LogP contribution < -0.4 is 9.47 Å². The van der Waals surface area contributed by atoms with Crippen LogP contribution in [-0.2, 0) is 17.7 Å². The molecule has 0 N–H and O–H groups in total. The van der Waals surface area contributed by atoms with Gasteiger partial charge in [0.1, 0.15) is 11.9 Å². The standard InChI is InChI=1S/C21H22N2O3/c1-24-18-9-5-8-17(20(18)25-2)21-22-11-12-23(21)14-19-16-7-4-3-6-15(16)10-13-26-19/h3-9,11-12,19H,10,13-14H2,1-2H3/t19-/m1/s1. The molecule has 0 unspecified atom stereocenters. The summed E-state index contributed by atoms with van der Waals surface area (Å²) in [4.78, 5) is 4.56. The number of para-hydroxylation sites is 1. The first-order valence-electron chi connectivity index (χ1n) is 8.73. The fourth-order valence-electron chi connectivity index (χ4n) is 3.57. The number of benzene rings is 2. The molecular formula is C21H22N2O3. The number of fused-ring (bicyclic) bond motifs is 1. The molecule has 0 amide bonds. The molecule has 1 atom stereocenters. The summed E-state index contributed by atoms with van der Waals surface area (Å²) in [5, 5.41) is 0. The number of nitrogens with zero attached hydrogens (tertiary/aromatic N) is 2. The van der Waals surface area contributed by atoms with Crippen molar-refractivity contribution in [2.24, 2.45) is 0 Å². The monoisotopic (exact) mass is 350 g/mol. The molecule has 2 heterocycles. The van der Waals surface area contributed by atoms with Crippen molar-refractivity contribution in [1.82, 2.24) is 9.55 Å². The first kappa shape index (κ1) is 16.7. The van der Waals surface area contributed by atoms with Crippen molar-refractivity contribution in [3.05, 3.63) is 66.0 Å². The van der Waals surface area contributed by atoms with Crippen LogP contribution in [0.5, 0.6) is 11.5 Å². The van der Waals surface area contributed by atoms with E-state index in [1.165, 1.54) is 11.1 Å². The predicted molar refractivity (Wildman–Crippen MR) is 99.6 cm³/mol. The molecule has 4 rings (SSSR count). The Morgan fingerprint density at radius 3 is 2.85 bits per heavy atom. The first-order chi connectivity index (χ1) is 12.8. The zero-order valence-electron chi connectivity index (χ0n) is 15.0. The quantitative estimate of drug-likeness (QED) is 0.700. The van der Waals surface area contributed by atoms with Crippen LogP contribution in [0.25, 0.3) is 11.4 Å². The van der Waals surface area contributed by atoms with Crippen molar-refractivity contribution in [2.45, 2.75) is 19.1 Å². The van der Waals surface area contributed by atoms with E-state index in [0.717, 1.165) is 24.4 Å². The van der Waals surface area contributed by atoms with Crippen LogP contribution in [0.1, 0.15) is 17.2 Å². The molecule has 1 aromatic heterocycles. The number of methoxy groups -OCH3 is 2. The van der Waals surface area contributed by atoms with Gasteiger partial charge >= 0.3 is 0 Å². The highest BCUT2D eigenvalue weighted by molar-refractivity contribution is 5.69. The molecule has 1 aliphatic rings. The van der Waals surface area contributed by atoms with Crippen molar-refractivity contribution < 1.29 is 14.2 Å². The van der Waals surface area contributed by atoms with Gasteiger partial charge in [-0.05, 0) is 29.7 Å². The third-order valence-corrected chi connectivity index (χ3v) is 4.81. The molecular weight excluding hydrogens is 328 g/mol. The first-order valence-corrected chi connectivity index (χ1v) is 8.73. The summed E-state index contributed by atoms with van der Waals surface area (Å²) in [5.41, 5.74) is 3.53. The molecule has 5 nitrogen and oxygen atoms in total. The fourth-order valence-corrected chi connectivity index (χ4v) is 3.57. The summed E-state index contributed by atoms with van der Waals surface area (Å²) < 4.78 is 19.2. The largest absolute Gasteiger partial charge is 0.493 e. The summed E-state index contributed by atoms with van der Waals surface area (Å²) in [6.45, 7) is 1.45. The van der Waals surface area contributed by atoms with Gasteiger partial charge in [0.2, 0.25) is 0 Å². The van der Waals surface area contributed by atoms with Crippen molar-refractivity contribution in [3.8, 4) is 22.9 Å². The number of aromatic nitrogens is 2. The summed E-state index contributed by atoms with van der Waals surface area (Å²) in [6, 6.07) is 14.3. The van der Waals surface area contributed by atoms with Gasteiger partial charge in [-0.25, -0.2) is 4.98 Å². The van der Waals surface area contributed by atoms with Gasteiger partial charge in [-0.2, -0.15) is 0 Å². The van der Waals surface area contributed by atoms with Crippen LogP contribution >= 0.6 is 0 Å². The SMILES string of the molecule is COc1cccc(-c2nccn2C[C@H]2OCCc3ccccc32)c1OC. The summed E-state index contributed by atoms with van der Waals surface area (Å²) in [5.74, 6) is 2.22. The molecule has 0 aliphatic carbocycles. The van der Waals surface area contributed by atoms with E-state index in [1.807, 2.05) is 30.6 Å². The van der Waals surface area contributed by atoms with E-state index in [-0.39, 0.29) is 6.10 Å². The predicted octanol–water partition coefficient (Wildman–Crippen LogP) is 3.88. The van der Waals surface area contributed by atoms with Crippen molar-refractivity contribution >= 4 is 0 Å². The lowest BCUT2D eigenvalue weighted by Gasteiger charge is -2.27. The Hall–Kier alpha value is -2.79. The second kappa shape index (κ2) is 7.22. The van der Waals surface area contributed by atoms with Gasteiger partial charge in [-0.1, -0.05) is 30.3 Å². The van der Waals surface area contributed by atoms with E-state index in [1.54, 1.807) is 14.2 Å². The molecule has 0 bridgehead atoms. The van der Waals surface area contributed by atoms with Gasteiger partial charge in [0, 0.05) is 12.4 Å². The smallest absolute Gasteiger partial charge is 0.171 e. The number of ether oxygens (including phenoxy) is 3. The molecule has 0 saturated heterocycles. The fraction of sp³-hybridized carbons (Fsp3) is 0.286. The number of rotatable bonds is 5. The Kier molecular flexibility index (Phi) is 4.63. The molecule has 2 aromatic carbocycles. The van der Waals surface area contributed by atoms with Crippen LogP contribution in [0.4, 0.5) is 0 Å². The third kappa shape index (κ3) is 2.95. The van der Waals surface area contributed by atoms with Crippen molar-refractivity contribution in [2.75, 3.05) is 20.8 Å². The van der Waals surface area contributed by atoms with Gasteiger partial charge in [-0.15, -0.1) is 0 Å². The second-order valence-electron chi connectivity index (χ2n) is 6.25. The summed E-state index contributed by atoms with van der Waals surface area (Å²) in [6.07, 6.45) is 4.77. The Bertz CT molecular complexity index is 904. The van der Waals surface area contributed by atoms with E-state index in [4.69, 9.17) is 14.2 Å². The van der Waals surface area contributed by atoms with Gasteiger partial charge in [0.15, 0.2) is 11.5 Å². The lowest BCUT2D eigenvalue weighted by atomic mass is 9.97. The molecule has 1 aliphatic heterocycles. The van der Waals surface area contributed by atoms with Crippen LogP contribution in [0, 0.1) is 0 Å². The zero-order valence-corrected chi connectivity index (χ0v) is 15.0. The Balaban J connectivity index is 1.70. The van der Waals surface area contributed by atoms with Crippen LogP contribution in [0.2, 0.25) is 0 Å². The van der Waals surface area contributed by atoms with E-state index in [2.05, 4.69) is 33.8 Å². The minimum absolute atomic E-state index is 0.0181. The maximum Gasteiger partial charge on any atom is 0.171 e. The maximum absolute atomic E-state index is 6.07. The Labute approximate surface area is 153 Å². The normalized spacial score (nSPS) is 16.2. The van der Waals surface area contributed by atoms with Crippen LogP contribution in [0.15, 0.2) is 54.9 Å². The van der Waals surface area contributed by atoms with E-state index >= 15 is 0 Å². The molecule has 0 radical (unpaired) electrons. The van der Waals surface area contributed by atoms with Gasteiger partial charge in [0.25, 0.3) is 0 Å². The molecule has 0 saturated carbocycles. The molecule has 0 spiro atoms. The minimum Gasteiger partial charge on any atom is -0.493 e. The third-order valence-electron chi connectivity index (χ3n) is 4.81. The zero-order chi connectivity index (χ0) is 17.9. The van der Waals surface area contributed by atoms with E-state index in [0.29, 0.717) is 18.0 Å². The minimum atomic E-state index is 0.0181. The number of hydrogen-bond acceptors (Lipinski definition) is 4. The maximum atomic E-state index is 6.07. The number of imidazole rings is 1. The van der Waals surface area contributed by atoms with E-state index in [9.17, 15) is 0 Å². The lowest BCUT2D eigenvalue weighted by molar-refractivity contribution is 0.0309. The second-order valence-corrected chi connectivity index (χ2v) is 6.25. The van der Waals surface area contributed by atoms with Gasteiger partial charge in [0.05, 0.1) is 32.9 Å². The molecule has 134 valence electrons. The van der Waals surface area contributed by atoms with E-state index < -0.39 is 0 Å². The van der Waals surface area contributed by atoms with Gasteiger partial charge < -0.3 is 18.8 Å². The van der Waals surface area contributed by atoms with Gasteiger partial charge in [-0.3, -0.25) is 0 Å². The van der Waals surface area contributed by atoms with Crippen molar-refractivity contribution in [1.29, 1.82) is 0 Å². The summed E-state index contributed by atoms with van der Waals surface area (Å²) >= 11 is 0. The Morgan fingerprint density at radius 1 is 1.12 bits per heavy atom. The van der Waals surface area contributed by atoms with Crippen molar-refractivity contribution in [3.63, 3.8) is 0 Å². The highest BCUT2D eigenvalue weighted by Crippen LogP contribution is 2.38. The van der Waals surface area contributed by atoms with Crippen LogP contribution in [0.3, 0.4) is 0 Å². The molecule has 5 heteroatoms. The Morgan fingerprint density at radius 2 is 2.00 bits per heavy atom. The lowest BCUT2D eigenvalue weighted by Crippen LogP contribution is -2.20. The number of hydrogen-bond donors (Lipinski definition) is 0. The molecule has 26 heavy (non-hydrogen) atoms. The average molecular weight is 350 g/mol. The summed E-state index contributed by atoms with van der Waals surface area (Å²) in [7, 11) is 3.29. The molecule has 0 fully saturated rings. The molecule has 3 aromatic rings. The van der Waals surface area contributed by atoms with Crippen LogP contribution in [-0.4, -0.2) is 30.4 Å².